The Morgan fingerprint density at radius 2 is 1.82 bits per heavy atom. The highest BCUT2D eigenvalue weighted by Crippen LogP contribution is 2.41. The summed E-state index contributed by atoms with van der Waals surface area (Å²) in [5, 5.41) is 7.03. The standard InChI is InChI=1S/C32H38N8O2S2/c1-3-42-27-17-20(6-7-26(27)41-2)19-39-15-10-21(11-16-39)23-18-25-30(44-32(37-25)40(33)22-8-13-34-14-9-22)38-28(23)31-36-24-5-4-12-35-29(24)43-31/h4-7,12,17-18,21-22,34H,3,8-11,13-16,19,33H2,1-2H3. The normalized spacial score (nSPS) is 17.0. The SMILES string of the molecule is CCOc1cc(CN2CCC(c3cc4nc(N(N)C5CCNCC5)sc4nc3-c3nc4cccnc4s3)CC2)ccc1OC. The van der Waals surface area contributed by atoms with Crippen LogP contribution in [0, 0.1) is 0 Å². The summed E-state index contributed by atoms with van der Waals surface area (Å²) in [5.74, 6) is 8.55. The molecule has 7 rings (SSSR count). The predicted octanol–water partition coefficient (Wildman–Crippen LogP) is 5.58. The van der Waals surface area contributed by atoms with Crippen molar-refractivity contribution in [1.82, 2.24) is 30.2 Å². The molecule has 230 valence electrons. The first kappa shape index (κ1) is 29.3. The Labute approximate surface area is 265 Å². The number of nitrogens with zero attached hydrogens (tertiary/aromatic N) is 6. The number of aromatic nitrogens is 4. The molecule has 12 heteroatoms. The van der Waals surface area contributed by atoms with Crippen LogP contribution in [0.5, 0.6) is 11.5 Å². The quantitative estimate of drug-likeness (QED) is 0.158. The van der Waals surface area contributed by atoms with Gasteiger partial charge in [0.1, 0.15) is 31.4 Å². The van der Waals surface area contributed by atoms with Gasteiger partial charge in [0.25, 0.3) is 0 Å². The van der Waals surface area contributed by atoms with Crippen LogP contribution in [-0.2, 0) is 6.54 Å². The maximum absolute atomic E-state index is 6.62. The van der Waals surface area contributed by atoms with Gasteiger partial charge in [0.15, 0.2) is 11.5 Å². The van der Waals surface area contributed by atoms with E-state index in [-0.39, 0.29) is 6.04 Å². The van der Waals surface area contributed by atoms with Crippen LogP contribution in [0.25, 0.3) is 31.4 Å². The molecule has 44 heavy (non-hydrogen) atoms. The van der Waals surface area contributed by atoms with Crippen molar-refractivity contribution in [1.29, 1.82) is 0 Å². The van der Waals surface area contributed by atoms with E-state index in [4.69, 9.17) is 30.3 Å². The molecule has 0 unspecified atom stereocenters. The van der Waals surface area contributed by atoms with E-state index in [9.17, 15) is 0 Å². The van der Waals surface area contributed by atoms with E-state index in [1.165, 1.54) is 11.1 Å². The van der Waals surface area contributed by atoms with Gasteiger partial charge >= 0.3 is 0 Å². The average Bonchev–Trinajstić information content (AvgIpc) is 3.69. The molecule has 0 saturated carbocycles. The van der Waals surface area contributed by atoms with E-state index in [1.807, 2.05) is 36.3 Å². The summed E-state index contributed by atoms with van der Waals surface area (Å²) in [5.41, 5.74) is 5.23. The van der Waals surface area contributed by atoms with Crippen LogP contribution in [0.1, 0.15) is 49.7 Å². The molecule has 10 nitrogen and oxygen atoms in total. The third-order valence-electron chi connectivity index (χ3n) is 8.66. The van der Waals surface area contributed by atoms with Gasteiger partial charge in [-0.15, -0.1) is 0 Å². The van der Waals surface area contributed by atoms with Gasteiger partial charge in [-0.05, 0) is 106 Å². The van der Waals surface area contributed by atoms with Crippen LogP contribution in [0.2, 0.25) is 0 Å². The molecule has 2 saturated heterocycles. The Kier molecular flexibility index (Phi) is 8.59. The van der Waals surface area contributed by atoms with E-state index in [0.717, 1.165) is 106 Å². The Morgan fingerprint density at radius 1 is 0.977 bits per heavy atom. The van der Waals surface area contributed by atoms with E-state index in [2.05, 4.69) is 33.4 Å². The van der Waals surface area contributed by atoms with E-state index in [0.29, 0.717) is 12.5 Å². The highest BCUT2D eigenvalue weighted by molar-refractivity contribution is 7.22. The highest BCUT2D eigenvalue weighted by Gasteiger charge is 2.28. The minimum absolute atomic E-state index is 0.283. The number of nitrogens with one attached hydrogen (secondary N) is 1. The zero-order chi connectivity index (χ0) is 30.0. The molecular weight excluding hydrogens is 593 g/mol. The Balaban J connectivity index is 1.16. The molecule has 6 heterocycles. The number of hydrogen-bond donors (Lipinski definition) is 2. The first-order valence-corrected chi connectivity index (χ1v) is 17.0. The smallest absolute Gasteiger partial charge is 0.202 e. The fourth-order valence-electron chi connectivity index (χ4n) is 6.32. The topological polar surface area (TPSA) is 115 Å². The number of hydrogen-bond acceptors (Lipinski definition) is 12. The molecule has 2 aliphatic rings. The van der Waals surface area contributed by atoms with Gasteiger partial charge < -0.3 is 14.8 Å². The van der Waals surface area contributed by atoms with Crippen LogP contribution < -0.4 is 25.6 Å². The molecule has 0 spiro atoms. The summed E-state index contributed by atoms with van der Waals surface area (Å²) < 4.78 is 11.3. The summed E-state index contributed by atoms with van der Waals surface area (Å²) in [4.78, 5) is 24.1. The van der Waals surface area contributed by atoms with Gasteiger partial charge in [-0.3, -0.25) is 9.91 Å². The molecule has 0 radical (unpaired) electrons. The summed E-state index contributed by atoms with van der Waals surface area (Å²) in [7, 11) is 1.68. The highest BCUT2D eigenvalue weighted by atomic mass is 32.1. The van der Waals surface area contributed by atoms with Gasteiger partial charge in [-0.1, -0.05) is 28.7 Å². The lowest BCUT2D eigenvalue weighted by Gasteiger charge is -2.32. The predicted molar refractivity (Wildman–Crippen MR) is 178 cm³/mol. The van der Waals surface area contributed by atoms with Crippen LogP contribution >= 0.6 is 22.7 Å². The molecule has 2 aliphatic heterocycles. The number of piperidine rings is 2. The van der Waals surface area contributed by atoms with Crippen molar-refractivity contribution in [2.45, 2.75) is 51.1 Å². The number of methoxy groups -OCH3 is 1. The summed E-state index contributed by atoms with van der Waals surface area (Å²) in [6.45, 7) is 7.43. The number of benzene rings is 1. The van der Waals surface area contributed by atoms with Crippen LogP contribution in [-0.4, -0.2) is 70.8 Å². The summed E-state index contributed by atoms with van der Waals surface area (Å²) in [6, 6.07) is 12.7. The average molecular weight is 631 g/mol. The molecule has 5 aromatic rings. The first-order chi connectivity index (χ1) is 21.6. The van der Waals surface area contributed by atoms with Gasteiger partial charge in [0, 0.05) is 18.8 Å². The third-order valence-corrected chi connectivity index (χ3v) is 10.6. The molecule has 1 aromatic carbocycles. The number of pyridine rings is 2. The van der Waals surface area contributed by atoms with E-state index in [1.54, 1.807) is 29.8 Å². The van der Waals surface area contributed by atoms with Gasteiger partial charge in [-0.25, -0.2) is 25.8 Å². The number of hydrazine groups is 1. The van der Waals surface area contributed by atoms with Crippen LogP contribution in [0.4, 0.5) is 5.13 Å². The molecule has 2 fully saturated rings. The first-order valence-electron chi connectivity index (χ1n) is 15.4. The van der Waals surface area contributed by atoms with Crippen molar-refractivity contribution in [3.63, 3.8) is 0 Å². The molecule has 0 atom stereocenters. The minimum Gasteiger partial charge on any atom is -0.493 e. The maximum Gasteiger partial charge on any atom is 0.202 e. The van der Waals surface area contributed by atoms with Crippen LogP contribution in [0.15, 0.2) is 42.6 Å². The van der Waals surface area contributed by atoms with Crippen molar-refractivity contribution in [2.75, 3.05) is 44.9 Å². The fourth-order valence-corrected chi connectivity index (χ4v) is 8.16. The monoisotopic (exact) mass is 630 g/mol. The van der Waals surface area contributed by atoms with Gasteiger partial charge in [-0.2, -0.15) is 0 Å². The number of anilines is 1. The van der Waals surface area contributed by atoms with Crippen molar-refractivity contribution in [2.24, 2.45) is 5.84 Å². The number of ether oxygens (including phenoxy) is 2. The number of fused-ring (bicyclic) bond motifs is 2. The van der Waals surface area contributed by atoms with Crippen molar-refractivity contribution < 1.29 is 9.47 Å². The van der Waals surface area contributed by atoms with Gasteiger partial charge in [0.05, 0.1) is 13.7 Å². The summed E-state index contributed by atoms with van der Waals surface area (Å²) >= 11 is 3.18. The Morgan fingerprint density at radius 3 is 2.59 bits per heavy atom. The number of nitrogens with two attached hydrogens (primary N) is 1. The number of rotatable bonds is 9. The van der Waals surface area contributed by atoms with Crippen LogP contribution in [0.3, 0.4) is 0 Å². The van der Waals surface area contributed by atoms with Gasteiger partial charge in [0.2, 0.25) is 5.13 Å². The number of thiazole rings is 2. The molecule has 4 aromatic heterocycles. The molecule has 0 aliphatic carbocycles. The second-order valence-corrected chi connectivity index (χ2v) is 13.4. The van der Waals surface area contributed by atoms with E-state index >= 15 is 0 Å². The van der Waals surface area contributed by atoms with Crippen molar-refractivity contribution in [3.8, 4) is 22.2 Å². The minimum atomic E-state index is 0.283. The fraction of sp³-hybridized carbons (Fsp3) is 0.438. The Hall–Kier alpha value is -3.42. The lowest BCUT2D eigenvalue weighted by molar-refractivity contribution is 0.204. The second-order valence-electron chi connectivity index (χ2n) is 11.5. The third kappa shape index (κ3) is 5.96. The summed E-state index contributed by atoms with van der Waals surface area (Å²) in [6.07, 6.45) is 5.91. The Bertz CT molecular complexity index is 1710. The largest absolute Gasteiger partial charge is 0.493 e. The van der Waals surface area contributed by atoms with Crippen molar-refractivity contribution >= 4 is 48.5 Å². The number of likely N-dealkylation sites (tertiary alicyclic amines) is 1. The van der Waals surface area contributed by atoms with E-state index < -0.39 is 0 Å². The zero-order valence-corrected chi connectivity index (χ0v) is 26.8. The maximum atomic E-state index is 6.62. The molecule has 3 N–H and O–H groups in total. The lowest BCUT2D eigenvalue weighted by atomic mass is 9.88. The zero-order valence-electron chi connectivity index (χ0n) is 25.2. The second kappa shape index (κ2) is 12.9. The molecule has 0 bridgehead atoms. The van der Waals surface area contributed by atoms with Crippen molar-refractivity contribution in [3.05, 3.63) is 53.7 Å². The molecular formula is C32H38N8O2S2. The molecule has 0 amide bonds. The lowest BCUT2D eigenvalue weighted by Crippen LogP contribution is -2.47.